The fourth-order valence-electron chi connectivity index (χ4n) is 6.15. The maximum absolute atomic E-state index is 5.62. The second-order valence-corrected chi connectivity index (χ2v) is 7.87. The minimum atomic E-state index is 0.143. The van der Waals surface area contributed by atoms with Crippen LogP contribution in [-0.2, 0) is 5.41 Å². The van der Waals surface area contributed by atoms with Crippen molar-refractivity contribution in [2.45, 2.75) is 57.8 Å². The summed E-state index contributed by atoms with van der Waals surface area (Å²) in [5.41, 5.74) is 6.72. The normalized spacial score (nSPS) is 49.8. The Morgan fingerprint density at radius 3 is 2.28 bits per heavy atom. The third kappa shape index (κ3) is 1.32. The van der Waals surface area contributed by atoms with E-state index in [2.05, 4.69) is 24.0 Å². The molecule has 1 aromatic heterocycles. The van der Waals surface area contributed by atoms with E-state index >= 15 is 0 Å². The SMILES string of the molecule is CC12CC3CC(C)(C1)CC(c1noc(N)n1)(C3)C2. The topological polar surface area (TPSA) is 64.9 Å². The zero-order valence-corrected chi connectivity index (χ0v) is 11.2. The molecule has 2 unspecified atom stereocenters. The molecule has 4 heteroatoms. The van der Waals surface area contributed by atoms with Gasteiger partial charge in [-0.2, -0.15) is 4.98 Å². The van der Waals surface area contributed by atoms with Crippen LogP contribution in [0.15, 0.2) is 4.52 Å². The van der Waals surface area contributed by atoms with Crippen LogP contribution in [0.25, 0.3) is 0 Å². The maximum atomic E-state index is 5.62. The van der Waals surface area contributed by atoms with Crippen molar-refractivity contribution in [1.82, 2.24) is 10.1 Å². The summed E-state index contributed by atoms with van der Waals surface area (Å²) in [5.74, 6) is 1.72. The molecule has 2 atom stereocenters. The van der Waals surface area contributed by atoms with Crippen LogP contribution in [-0.4, -0.2) is 10.1 Å². The summed E-state index contributed by atoms with van der Waals surface area (Å²) in [7, 11) is 0. The predicted molar refractivity (Wildman–Crippen MR) is 67.8 cm³/mol. The fourth-order valence-corrected chi connectivity index (χ4v) is 6.15. The Kier molecular flexibility index (Phi) is 1.75. The average molecular weight is 247 g/mol. The molecule has 4 nitrogen and oxygen atoms in total. The number of rotatable bonds is 1. The van der Waals surface area contributed by atoms with Gasteiger partial charge in [0.15, 0.2) is 5.82 Å². The predicted octanol–water partition coefficient (Wildman–Crippen LogP) is 2.90. The lowest BCUT2D eigenvalue weighted by molar-refractivity contribution is -0.113. The second-order valence-electron chi connectivity index (χ2n) is 7.87. The number of aromatic nitrogens is 2. The van der Waals surface area contributed by atoms with Crippen LogP contribution in [0.3, 0.4) is 0 Å². The van der Waals surface area contributed by atoms with Gasteiger partial charge in [-0.25, -0.2) is 0 Å². The van der Waals surface area contributed by atoms with Crippen molar-refractivity contribution in [3.63, 3.8) is 0 Å². The van der Waals surface area contributed by atoms with E-state index in [1.165, 1.54) is 38.5 Å². The monoisotopic (exact) mass is 247 g/mol. The minimum absolute atomic E-state index is 0.143. The highest BCUT2D eigenvalue weighted by Gasteiger charge is 2.62. The Hall–Kier alpha value is -1.06. The van der Waals surface area contributed by atoms with Gasteiger partial charge < -0.3 is 10.3 Å². The van der Waals surface area contributed by atoms with Gasteiger partial charge in [0.05, 0.1) is 0 Å². The molecule has 5 rings (SSSR count). The molecule has 18 heavy (non-hydrogen) atoms. The first-order valence-corrected chi connectivity index (χ1v) is 7.00. The molecule has 2 N–H and O–H groups in total. The van der Waals surface area contributed by atoms with Crippen molar-refractivity contribution in [2.24, 2.45) is 16.7 Å². The van der Waals surface area contributed by atoms with E-state index in [0.717, 1.165) is 11.7 Å². The zero-order valence-electron chi connectivity index (χ0n) is 11.2. The molecule has 1 aromatic rings. The number of nitrogens with two attached hydrogens (primary N) is 1. The summed E-state index contributed by atoms with van der Waals surface area (Å²) in [6, 6.07) is 0.219. The lowest BCUT2D eigenvalue weighted by Gasteiger charge is -2.64. The molecule has 0 saturated heterocycles. The van der Waals surface area contributed by atoms with Crippen LogP contribution in [0.2, 0.25) is 0 Å². The van der Waals surface area contributed by atoms with Crippen LogP contribution in [0, 0.1) is 16.7 Å². The van der Waals surface area contributed by atoms with Crippen molar-refractivity contribution in [3.05, 3.63) is 5.82 Å². The molecule has 1 heterocycles. The van der Waals surface area contributed by atoms with Crippen molar-refractivity contribution in [3.8, 4) is 0 Å². The molecule has 98 valence electrons. The summed E-state index contributed by atoms with van der Waals surface area (Å²) in [5, 5.41) is 4.16. The highest BCUT2D eigenvalue weighted by atomic mass is 16.5. The summed E-state index contributed by atoms with van der Waals surface area (Å²) in [6.45, 7) is 4.90. The lowest BCUT2D eigenvalue weighted by atomic mass is 9.40. The van der Waals surface area contributed by atoms with Gasteiger partial charge in [0, 0.05) is 5.41 Å². The van der Waals surface area contributed by atoms with E-state index in [4.69, 9.17) is 10.3 Å². The van der Waals surface area contributed by atoms with Gasteiger partial charge in [0.1, 0.15) is 0 Å². The van der Waals surface area contributed by atoms with E-state index in [-0.39, 0.29) is 11.4 Å². The third-order valence-electron chi connectivity index (χ3n) is 5.54. The summed E-state index contributed by atoms with van der Waals surface area (Å²) >= 11 is 0. The first-order chi connectivity index (χ1) is 8.41. The van der Waals surface area contributed by atoms with E-state index in [9.17, 15) is 0 Å². The van der Waals surface area contributed by atoms with Gasteiger partial charge in [0.25, 0.3) is 0 Å². The molecule has 4 saturated carbocycles. The zero-order chi connectivity index (χ0) is 12.6. The molecule has 0 spiro atoms. The largest absolute Gasteiger partial charge is 0.351 e. The first kappa shape index (κ1) is 10.8. The van der Waals surface area contributed by atoms with Crippen molar-refractivity contribution >= 4 is 6.01 Å². The molecule has 0 aliphatic heterocycles. The van der Waals surface area contributed by atoms with E-state index < -0.39 is 0 Å². The van der Waals surface area contributed by atoms with Gasteiger partial charge in [-0.05, 0) is 55.3 Å². The number of hydrogen-bond acceptors (Lipinski definition) is 4. The quantitative estimate of drug-likeness (QED) is 0.828. The third-order valence-corrected chi connectivity index (χ3v) is 5.54. The number of anilines is 1. The highest BCUT2D eigenvalue weighted by molar-refractivity contribution is 5.23. The van der Waals surface area contributed by atoms with Gasteiger partial charge >= 0.3 is 6.01 Å². The molecule has 0 radical (unpaired) electrons. The standard InChI is InChI=1S/C14H21N3O/c1-12-3-9-4-13(2,6-12)8-14(5-9,7-12)10-16-11(15)18-17-10/h9H,3-8H2,1-2H3,(H2,15,16,17). The Labute approximate surface area is 107 Å². The minimum Gasteiger partial charge on any atom is -0.351 e. The fraction of sp³-hybridized carbons (Fsp3) is 0.857. The molecule has 0 amide bonds. The van der Waals surface area contributed by atoms with Crippen LogP contribution in [0.5, 0.6) is 0 Å². The number of nitrogens with zero attached hydrogens (tertiary/aromatic N) is 2. The maximum Gasteiger partial charge on any atom is 0.318 e. The van der Waals surface area contributed by atoms with Gasteiger partial charge in [-0.1, -0.05) is 19.0 Å². The van der Waals surface area contributed by atoms with Gasteiger partial charge in [-0.15, -0.1) is 0 Å². The molecular weight excluding hydrogens is 226 g/mol. The Balaban J connectivity index is 1.82. The molecular formula is C14H21N3O. The van der Waals surface area contributed by atoms with Gasteiger partial charge in [0.2, 0.25) is 0 Å². The number of nitrogen functional groups attached to an aromatic ring is 1. The molecule has 4 bridgehead atoms. The molecule has 0 aromatic carbocycles. The lowest BCUT2D eigenvalue weighted by Crippen LogP contribution is -2.57. The van der Waals surface area contributed by atoms with Crippen LogP contribution in [0.4, 0.5) is 6.01 Å². The Bertz CT molecular complexity index is 491. The van der Waals surface area contributed by atoms with Crippen molar-refractivity contribution < 1.29 is 4.52 Å². The van der Waals surface area contributed by atoms with Crippen LogP contribution in [0.1, 0.15) is 58.2 Å². The summed E-state index contributed by atoms with van der Waals surface area (Å²) < 4.78 is 5.04. The van der Waals surface area contributed by atoms with Crippen molar-refractivity contribution in [2.75, 3.05) is 5.73 Å². The van der Waals surface area contributed by atoms with Crippen LogP contribution < -0.4 is 5.73 Å². The first-order valence-electron chi connectivity index (χ1n) is 7.00. The smallest absolute Gasteiger partial charge is 0.318 e. The second kappa shape index (κ2) is 2.91. The molecule has 4 aliphatic carbocycles. The van der Waals surface area contributed by atoms with E-state index in [1.807, 2.05) is 0 Å². The number of hydrogen-bond donors (Lipinski definition) is 1. The molecule has 4 fully saturated rings. The van der Waals surface area contributed by atoms with Crippen molar-refractivity contribution in [1.29, 1.82) is 0 Å². The Morgan fingerprint density at radius 2 is 1.78 bits per heavy atom. The Morgan fingerprint density at radius 1 is 1.11 bits per heavy atom. The summed E-state index contributed by atoms with van der Waals surface area (Å²) in [4.78, 5) is 4.36. The molecule has 4 aliphatic rings. The highest BCUT2D eigenvalue weighted by Crippen LogP contribution is 2.69. The summed E-state index contributed by atoms with van der Waals surface area (Å²) in [6.07, 6.45) is 7.80. The van der Waals surface area contributed by atoms with E-state index in [0.29, 0.717) is 10.8 Å². The van der Waals surface area contributed by atoms with E-state index in [1.54, 1.807) is 0 Å². The van der Waals surface area contributed by atoms with Crippen LogP contribution >= 0.6 is 0 Å². The van der Waals surface area contributed by atoms with Gasteiger partial charge in [-0.3, -0.25) is 0 Å². The average Bonchev–Trinajstić information content (AvgIpc) is 2.59.